The van der Waals surface area contributed by atoms with Crippen LogP contribution in [0.4, 0.5) is 4.79 Å². The van der Waals surface area contributed by atoms with Crippen molar-refractivity contribution in [2.45, 2.75) is 25.3 Å². The Morgan fingerprint density at radius 3 is 2.42 bits per heavy atom. The molecule has 1 rings (SSSR count). The highest BCUT2D eigenvalue weighted by Gasteiger charge is 2.29. The number of aliphatic carboxylic acids is 1. The van der Waals surface area contributed by atoms with E-state index in [9.17, 15) is 14.4 Å². The van der Waals surface area contributed by atoms with Gasteiger partial charge in [0.25, 0.3) is 0 Å². The maximum Gasteiger partial charge on any atom is 0.326 e. The number of rotatable bonds is 8. The highest BCUT2D eigenvalue weighted by Crippen LogP contribution is 2.28. The normalized spacial score (nSPS) is 15.2. The van der Waals surface area contributed by atoms with Crippen molar-refractivity contribution in [2.24, 2.45) is 5.92 Å². The van der Waals surface area contributed by atoms with Crippen LogP contribution in [0, 0.1) is 5.92 Å². The third kappa shape index (κ3) is 5.89. The van der Waals surface area contributed by atoms with Crippen LogP contribution < -0.4 is 16.0 Å². The zero-order chi connectivity index (χ0) is 14.3. The van der Waals surface area contributed by atoms with Gasteiger partial charge in [-0.15, -0.1) is 6.58 Å². The van der Waals surface area contributed by atoms with E-state index in [0.29, 0.717) is 6.54 Å². The first-order valence-electron chi connectivity index (χ1n) is 6.20. The van der Waals surface area contributed by atoms with Crippen molar-refractivity contribution in [3.05, 3.63) is 12.7 Å². The second kappa shape index (κ2) is 7.40. The van der Waals surface area contributed by atoms with E-state index in [-0.39, 0.29) is 24.8 Å². The first-order chi connectivity index (χ1) is 9.04. The molecule has 1 fully saturated rings. The molecule has 1 unspecified atom stereocenters. The number of urea groups is 1. The number of carbonyl (C=O) groups is 3. The highest BCUT2D eigenvalue weighted by atomic mass is 16.4. The average Bonchev–Trinajstić information content (AvgIpc) is 3.17. The largest absolute Gasteiger partial charge is 0.480 e. The molecule has 0 aromatic carbocycles. The Labute approximate surface area is 111 Å². The third-order valence-corrected chi connectivity index (χ3v) is 2.66. The van der Waals surface area contributed by atoms with E-state index >= 15 is 0 Å². The molecule has 0 aliphatic heterocycles. The lowest BCUT2D eigenvalue weighted by Crippen LogP contribution is -2.47. The van der Waals surface area contributed by atoms with Crippen LogP contribution in [0.2, 0.25) is 0 Å². The van der Waals surface area contributed by atoms with Gasteiger partial charge in [0, 0.05) is 19.0 Å². The lowest BCUT2D eigenvalue weighted by molar-refractivity contribution is -0.139. The Kier molecular flexibility index (Phi) is 5.84. The molecule has 0 radical (unpaired) electrons. The maximum absolute atomic E-state index is 11.4. The molecule has 1 aliphatic carbocycles. The zero-order valence-corrected chi connectivity index (χ0v) is 10.6. The minimum absolute atomic E-state index is 0.0114. The van der Waals surface area contributed by atoms with Crippen molar-refractivity contribution in [1.82, 2.24) is 16.0 Å². The van der Waals surface area contributed by atoms with E-state index < -0.39 is 18.0 Å². The Morgan fingerprint density at radius 1 is 1.26 bits per heavy atom. The van der Waals surface area contributed by atoms with Crippen LogP contribution in [-0.4, -0.2) is 42.1 Å². The molecule has 0 saturated heterocycles. The summed E-state index contributed by atoms with van der Waals surface area (Å²) in [6.07, 6.45) is 3.44. The Bertz CT molecular complexity index is 366. The monoisotopic (exact) mass is 269 g/mol. The van der Waals surface area contributed by atoms with Crippen molar-refractivity contribution in [3.8, 4) is 0 Å². The van der Waals surface area contributed by atoms with Gasteiger partial charge in [-0.05, 0) is 19.3 Å². The summed E-state index contributed by atoms with van der Waals surface area (Å²) in [6, 6.07) is -1.56. The molecule has 0 aromatic rings. The highest BCUT2D eigenvalue weighted by molar-refractivity contribution is 5.83. The summed E-state index contributed by atoms with van der Waals surface area (Å²) in [7, 11) is 0. The van der Waals surface area contributed by atoms with Crippen molar-refractivity contribution in [2.75, 3.05) is 13.1 Å². The van der Waals surface area contributed by atoms with Crippen LogP contribution in [0.15, 0.2) is 12.7 Å². The predicted octanol–water partition coefficient (Wildman–Crippen LogP) is -0.159. The standard InChI is InChI=1S/C12H19N3O4/c1-2-3-9(11(17)18)15-12(19)14-7-6-13-10(16)8-4-5-8/h2,8-9H,1,3-7H2,(H,13,16)(H,17,18)(H2,14,15,19). The van der Waals surface area contributed by atoms with Gasteiger partial charge < -0.3 is 21.1 Å². The molecular weight excluding hydrogens is 250 g/mol. The molecule has 7 heteroatoms. The summed E-state index contributed by atoms with van der Waals surface area (Å²) < 4.78 is 0. The first kappa shape index (κ1) is 15.0. The number of hydrogen-bond acceptors (Lipinski definition) is 3. The molecule has 0 bridgehead atoms. The van der Waals surface area contributed by atoms with Crippen LogP contribution >= 0.6 is 0 Å². The van der Waals surface area contributed by atoms with Crippen molar-refractivity contribution < 1.29 is 19.5 Å². The fourth-order valence-corrected chi connectivity index (χ4v) is 1.45. The number of carboxylic acids is 1. The number of amides is 3. The van der Waals surface area contributed by atoms with Crippen LogP contribution in [0.25, 0.3) is 0 Å². The summed E-state index contributed by atoms with van der Waals surface area (Å²) in [5.41, 5.74) is 0. The van der Waals surface area contributed by atoms with Gasteiger partial charge >= 0.3 is 12.0 Å². The average molecular weight is 269 g/mol. The molecule has 1 aliphatic rings. The van der Waals surface area contributed by atoms with Crippen LogP contribution in [-0.2, 0) is 9.59 Å². The zero-order valence-electron chi connectivity index (χ0n) is 10.6. The summed E-state index contributed by atoms with van der Waals surface area (Å²) in [4.78, 5) is 33.4. The van der Waals surface area contributed by atoms with E-state index in [4.69, 9.17) is 5.11 Å². The number of carboxylic acid groups (broad SMARTS) is 1. The molecule has 3 amide bonds. The van der Waals surface area contributed by atoms with Gasteiger partial charge in [-0.1, -0.05) is 6.08 Å². The van der Waals surface area contributed by atoms with Crippen molar-refractivity contribution >= 4 is 17.9 Å². The Morgan fingerprint density at radius 2 is 1.89 bits per heavy atom. The number of nitrogens with one attached hydrogen (secondary N) is 3. The second-order valence-electron chi connectivity index (χ2n) is 4.38. The van der Waals surface area contributed by atoms with Crippen LogP contribution in [0.3, 0.4) is 0 Å². The molecule has 7 nitrogen and oxygen atoms in total. The SMILES string of the molecule is C=CCC(NC(=O)NCCNC(=O)C1CC1)C(=O)O. The number of carbonyl (C=O) groups excluding carboxylic acids is 2. The molecular formula is C12H19N3O4. The Hall–Kier alpha value is -2.05. The minimum Gasteiger partial charge on any atom is -0.480 e. The van der Waals surface area contributed by atoms with Crippen LogP contribution in [0.5, 0.6) is 0 Å². The molecule has 1 saturated carbocycles. The quantitative estimate of drug-likeness (QED) is 0.363. The molecule has 19 heavy (non-hydrogen) atoms. The van der Waals surface area contributed by atoms with Gasteiger partial charge in [-0.3, -0.25) is 4.79 Å². The minimum atomic E-state index is -1.11. The van der Waals surface area contributed by atoms with E-state index in [1.807, 2.05) is 0 Å². The van der Waals surface area contributed by atoms with Gasteiger partial charge in [-0.25, -0.2) is 9.59 Å². The first-order valence-corrected chi connectivity index (χ1v) is 6.20. The van der Waals surface area contributed by atoms with Gasteiger partial charge in [0.2, 0.25) is 5.91 Å². The smallest absolute Gasteiger partial charge is 0.326 e. The van der Waals surface area contributed by atoms with Crippen molar-refractivity contribution in [3.63, 3.8) is 0 Å². The van der Waals surface area contributed by atoms with Gasteiger partial charge in [0.15, 0.2) is 0 Å². The summed E-state index contributed by atoms with van der Waals surface area (Å²) >= 11 is 0. The fraction of sp³-hybridized carbons (Fsp3) is 0.583. The van der Waals surface area contributed by atoms with Gasteiger partial charge in [-0.2, -0.15) is 0 Å². The predicted molar refractivity (Wildman–Crippen MR) is 68.5 cm³/mol. The van der Waals surface area contributed by atoms with Gasteiger partial charge in [0.05, 0.1) is 0 Å². The topological polar surface area (TPSA) is 108 Å². The summed E-state index contributed by atoms with van der Waals surface area (Å²) in [6.45, 7) is 4.01. The molecule has 4 N–H and O–H groups in total. The molecule has 0 spiro atoms. The van der Waals surface area contributed by atoms with Crippen molar-refractivity contribution in [1.29, 1.82) is 0 Å². The second-order valence-corrected chi connectivity index (χ2v) is 4.38. The molecule has 0 heterocycles. The fourth-order valence-electron chi connectivity index (χ4n) is 1.45. The number of hydrogen-bond donors (Lipinski definition) is 4. The lowest BCUT2D eigenvalue weighted by Gasteiger charge is -2.13. The maximum atomic E-state index is 11.4. The molecule has 1 atom stereocenters. The summed E-state index contributed by atoms with van der Waals surface area (Å²) in [5.74, 6) is -0.966. The van der Waals surface area contributed by atoms with E-state index in [0.717, 1.165) is 12.8 Å². The van der Waals surface area contributed by atoms with Crippen LogP contribution in [0.1, 0.15) is 19.3 Å². The van der Waals surface area contributed by atoms with Gasteiger partial charge in [0.1, 0.15) is 6.04 Å². The third-order valence-electron chi connectivity index (χ3n) is 2.66. The lowest BCUT2D eigenvalue weighted by atomic mass is 10.2. The van der Waals surface area contributed by atoms with E-state index in [1.54, 1.807) is 0 Å². The Balaban J connectivity index is 2.13. The molecule has 0 aromatic heterocycles. The van der Waals surface area contributed by atoms with E-state index in [2.05, 4.69) is 22.5 Å². The summed E-state index contributed by atoms with van der Waals surface area (Å²) in [5, 5.41) is 16.3. The molecule has 106 valence electrons. The van der Waals surface area contributed by atoms with E-state index in [1.165, 1.54) is 6.08 Å².